The second kappa shape index (κ2) is 5.42. The summed E-state index contributed by atoms with van der Waals surface area (Å²) in [5.74, 6) is 0.0479. The number of carboxylic acid groups (broad SMARTS) is 1. The lowest BCUT2D eigenvalue weighted by molar-refractivity contribution is -0.140. The van der Waals surface area contributed by atoms with E-state index in [4.69, 9.17) is 0 Å². The maximum absolute atomic E-state index is 11.3. The fraction of sp³-hybridized carbons (Fsp3) is 0.600. The highest BCUT2D eigenvalue weighted by Crippen LogP contribution is 2.41. The number of nitrogens with zero attached hydrogens (tertiary/aromatic N) is 4. The van der Waals surface area contributed by atoms with Gasteiger partial charge >= 0.3 is 5.97 Å². The monoisotopic (exact) mass is 288 g/mol. The first-order valence-electron chi connectivity index (χ1n) is 7.48. The maximum atomic E-state index is 11.3. The van der Waals surface area contributed by atoms with Gasteiger partial charge in [-0.3, -0.25) is 4.79 Å². The third-order valence-corrected chi connectivity index (χ3v) is 4.43. The van der Waals surface area contributed by atoms with Crippen molar-refractivity contribution in [3.63, 3.8) is 0 Å². The van der Waals surface area contributed by atoms with Gasteiger partial charge in [-0.25, -0.2) is 0 Å². The van der Waals surface area contributed by atoms with E-state index in [2.05, 4.69) is 15.3 Å². The summed E-state index contributed by atoms with van der Waals surface area (Å²) < 4.78 is 1.76. The fourth-order valence-electron chi connectivity index (χ4n) is 3.41. The van der Waals surface area contributed by atoms with Crippen molar-refractivity contribution in [3.8, 4) is 0 Å². The van der Waals surface area contributed by atoms with Crippen molar-refractivity contribution in [1.29, 1.82) is 0 Å². The zero-order valence-corrected chi connectivity index (χ0v) is 12.2. The molecule has 0 radical (unpaired) electrons. The number of hydrogen-bond acceptors (Lipinski definition) is 4. The second-order valence-corrected chi connectivity index (χ2v) is 6.17. The normalized spacial score (nSPS) is 18.0. The zero-order valence-electron chi connectivity index (χ0n) is 12.2. The highest BCUT2D eigenvalue weighted by atomic mass is 16.4. The number of aliphatic carboxylic acids is 1. The Morgan fingerprint density at radius 2 is 2.05 bits per heavy atom. The van der Waals surface area contributed by atoms with E-state index < -0.39 is 5.97 Å². The van der Waals surface area contributed by atoms with Gasteiger partial charge in [-0.1, -0.05) is 19.3 Å². The molecule has 21 heavy (non-hydrogen) atoms. The number of carbonyl (C=O) groups is 1. The van der Waals surface area contributed by atoms with Gasteiger partial charge in [0.15, 0.2) is 11.5 Å². The Bertz CT molecular complexity index is 659. The summed E-state index contributed by atoms with van der Waals surface area (Å²) in [4.78, 5) is 11.3. The van der Waals surface area contributed by atoms with Gasteiger partial charge in [0.1, 0.15) is 0 Å². The van der Waals surface area contributed by atoms with Crippen LogP contribution in [0.2, 0.25) is 0 Å². The van der Waals surface area contributed by atoms with Gasteiger partial charge in [-0.15, -0.1) is 10.2 Å². The van der Waals surface area contributed by atoms with Crippen molar-refractivity contribution >= 4 is 11.6 Å². The van der Waals surface area contributed by atoms with Crippen LogP contribution >= 0.6 is 0 Å². The van der Waals surface area contributed by atoms with Gasteiger partial charge < -0.3 is 5.11 Å². The molecule has 0 amide bonds. The van der Waals surface area contributed by atoms with Crippen LogP contribution < -0.4 is 0 Å². The Morgan fingerprint density at radius 3 is 2.76 bits per heavy atom. The first-order chi connectivity index (χ1) is 10.1. The summed E-state index contributed by atoms with van der Waals surface area (Å²) in [6.07, 6.45) is 6.11. The first kappa shape index (κ1) is 14.0. The maximum Gasteiger partial charge on any atom is 0.303 e. The van der Waals surface area contributed by atoms with Crippen molar-refractivity contribution < 1.29 is 9.90 Å². The molecule has 2 aromatic heterocycles. The zero-order chi connectivity index (χ0) is 14.9. The molecule has 1 aliphatic carbocycles. The Balaban J connectivity index is 1.93. The van der Waals surface area contributed by atoms with E-state index in [0.29, 0.717) is 6.42 Å². The lowest BCUT2D eigenvalue weighted by Crippen LogP contribution is -2.30. The molecule has 0 unspecified atom stereocenters. The van der Waals surface area contributed by atoms with E-state index in [-0.39, 0.29) is 11.8 Å². The molecule has 0 bridgehead atoms. The number of fused-ring (bicyclic) bond motifs is 1. The van der Waals surface area contributed by atoms with E-state index in [0.717, 1.165) is 42.8 Å². The highest BCUT2D eigenvalue weighted by molar-refractivity contribution is 5.67. The van der Waals surface area contributed by atoms with Gasteiger partial charge in [0.2, 0.25) is 0 Å². The third kappa shape index (κ3) is 2.89. The van der Waals surface area contributed by atoms with Gasteiger partial charge in [0.05, 0.1) is 12.1 Å². The van der Waals surface area contributed by atoms with E-state index >= 15 is 0 Å². The van der Waals surface area contributed by atoms with Crippen molar-refractivity contribution in [2.45, 2.75) is 51.9 Å². The van der Waals surface area contributed by atoms with Crippen LogP contribution in [0.25, 0.3) is 5.65 Å². The Hall–Kier alpha value is -1.98. The molecule has 0 saturated heterocycles. The molecule has 1 fully saturated rings. The third-order valence-electron chi connectivity index (χ3n) is 4.43. The molecule has 0 aliphatic heterocycles. The topological polar surface area (TPSA) is 80.4 Å². The van der Waals surface area contributed by atoms with Crippen LogP contribution in [0.4, 0.5) is 0 Å². The molecular weight excluding hydrogens is 268 g/mol. The first-order valence-corrected chi connectivity index (χ1v) is 7.48. The highest BCUT2D eigenvalue weighted by Gasteiger charge is 2.36. The molecule has 112 valence electrons. The van der Waals surface area contributed by atoms with Gasteiger partial charge in [-0.2, -0.15) is 9.61 Å². The Morgan fingerprint density at radius 1 is 1.29 bits per heavy atom. The second-order valence-electron chi connectivity index (χ2n) is 6.17. The number of aryl methyl sites for hydroxylation is 1. The quantitative estimate of drug-likeness (QED) is 0.934. The molecule has 0 atom stereocenters. The molecule has 6 heteroatoms. The smallest absolute Gasteiger partial charge is 0.303 e. The van der Waals surface area contributed by atoms with Crippen LogP contribution in [-0.4, -0.2) is 30.9 Å². The van der Waals surface area contributed by atoms with Crippen LogP contribution in [0.1, 0.15) is 50.0 Å². The summed E-state index contributed by atoms with van der Waals surface area (Å²) in [5, 5.41) is 22.1. The molecule has 6 nitrogen and oxygen atoms in total. The van der Waals surface area contributed by atoms with Crippen LogP contribution in [0.3, 0.4) is 0 Å². The van der Waals surface area contributed by atoms with Crippen molar-refractivity contribution in [3.05, 3.63) is 23.7 Å². The number of hydrogen-bond donors (Lipinski definition) is 1. The average Bonchev–Trinajstić information content (AvgIpc) is 2.81. The molecule has 3 rings (SSSR count). The van der Waals surface area contributed by atoms with Crippen molar-refractivity contribution in [1.82, 2.24) is 19.8 Å². The van der Waals surface area contributed by atoms with E-state index in [9.17, 15) is 9.90 Å². The fourth-order valence-corrected chi connectivity index (χ4v) is 3.41. The molecule has 2 heterocycles. The Kier molecular flexibility index (Phi) is 3.61. The molecule has 0 spiro atoms. The lowest BCUT2D eigenvalue weighted by atomic mass is 9.69. The minimum Gasteiger partial charge on any atom is -0.481 e. The van der Waals surface area contributed by atoms with Crippen LogP contribution in [0.15, 0.2) is 12.1 Å². The molecule has 2 aromatic rings. The summed E-state index contributed by atoms with van der Waals surface area (Å²) >= 11 is 0. The molecule has 1 aliphatic rings. The molecule has 1 N–H and O–H groups in total. The number of rotatable bonds is 4. The SMILES string of the molecule is Cc1ccc2nnc(CC3(CC(=O)O)CCCCC3)n2n1. The molecular formula is C15H20N4O2. The van der Waals surface area contributed by atoms with Crippen LogP contribution in [-0.2, 0) is 11.2 Å². The summed E-state index contributed by atoms with van der Waals surface area (Å²) in [7, 11) is 0. The lowest BCUT2D eigenvalue weighted by Gasteiger charge is -2.35. The number of aromatic nitrogens is 4. The predicted octanol–water partition coefficient (Wildman–Crippen LogP) is 2.40. The largest absolute Gasteiger partial charge is 0.481 e. The average molecular weight is 288 g/mol. The van der Waals surface area contributed by atoms with Crippen molar-refractivity contribution in [2.24, 2.45) is 5.41 Å². The van der Waals surface area contributed by atoms with Crippen molar-refractivity contribution in [2.75, 3.05) is 0 Å². The van der Waals surface area contributed by atoms with E-state index in [1.54, 1.807) is 4.52 Å². The van der Waals surface area contributed by atoms with Gasteiger partial charge in [-0.05, 0) is 37.3 Å². The molecule has 1 saturated carbocycles. The van der Waals surface area contributed by atoms with Gasteiger partial charge in [0, 0.05) is 6.42 Å². The van der Waals surface area contributed by atoms with Crippen LogP contribution in [0.5, 0.6) is 0 Å². The predicted molar refractivity (Wildman–Crippen MR) is 77.0 cm³/mol. The van der Waals surface area contributed by atoms with E-state index in [1.165, 1.54) is 6.42 Å². The summed E-state index contributed by atoms with van der Waals surface area (Å²) in [6, 6.07) is 3.80. The minimum absolute atomic E-state index is 0.196. The minimum atomic E-state index is -0.727. The number of carboxylic acids is 1. The van der Waals surface area contributed by atoms with E-state index in [1.807, 2.05) is 19.1 Å². The Labute approximate surface area is 123 Å². The van der Waals surface area contributed by atoms with Crippen LogP contribution in [0, 0.1) is 12.3 Å². The standard InChI is InChI=1S/C15H20N4O2/c1-11-5-6-12-16-17-13(19(12)18-11)9-15(10-14(20)21)7-3-2-4-8-15/h5-6H,2-4,7-10H2,1H3,(H,20,21). The van der Waals surface area contributed by atoms with Gasteiger partial charge in [0.25, 0.3) is 0 Å². The summed E-state index contributed by atoms with van der Waals surface area (Å²) in [6.45, 7) is 1.93. The molecule has 0 aromatic carbocycles. The summed E-state index contributed by atoms with van der Waals surface area (Å²) in [5.41, 5.74) is 1.43.